The second-order valence-corrected chi connectivity index (χ2v) is 7.49. The van der Waals surface area contributed by atoms with Crippen molar-refractivity contribution in [2.24, 2.45) is 10.9 Å². The van der Waals surface area contributed by atoms with Crippen LogP contribution in [-0.2, 0) is 9.59 Å². The highest BCUT2D eigenvalue weighted by atomic mass is 35.5. The summed E-state index contributed by atoms with van der Waals surface area (Å²) >= 11 is 12.2. The Morgan fingerprint density at radius 1 is 1.13 bits per heavy atom. The fourth-order valence-electron chi connectivity index (χ4n) is 2.51. The van der Waals surface area contributed by atoms with E-state index in [9.17, 15) is 14.7 Å². The van der Waals surface area contributed by atoms with Crippen LogP contribution in [0, 0.1) is 5.92 Å². The number of rotatable bonds is 8. The van der Waals surface area contributed by atoms with Crippen molar-refractivity contribution in [3.8, 4) is 11.5 Å². The summed E-state index contributed by atoms with van der Waals surface area (Å²) in [6, 6.07) is 9.17. The van der Waals surface area contributed by atoms with Crippen LogP contribution in [-0.4, -0.2) is 36.4 Å². The van der Waals surface area contributed by atoms with Crippen molar-refractivity contribution in [3.05, 3.63) is 63.6 Å². The second-order valence-electron chi connectivity index (χ2n) is 6.65. The Morgan fingerprint density at radius 2 is 1.87 bits per heavy atom. The van der Waals surface area contributed by atoms with Gasteiger partial charge in [-0.1, -0.05) is 49.2 Å². The van der Waals surface area contributed by atoms with E-state index in [0.29, 0.717) is 10.6 Å². The predicted molar refractivity (Wildman–Crippen MR) is 118 cm³/mol. The maximum atomic E-state index is 12.2. The Morgan fingerprint density at radius 3 is 2.47 bits per heavy atom. The van der Waals surface area contributed by atoms with Crippen LogP contribution in [0.5, 0.6) is 11.5 Å². The van der Waals surface area contributed by atoms with Gasteiger partial charge in [-0.25, -0.2) is 9.59 Å². The molecule has 0 aromatic heterocycles. The van der Waals surface area contributed by atoms with Gasteiger partial charge >= 0.3 is 11.9 Å². The number of ether oxygens (including phenoxy) is 2. The number of hydrogen-bond donors (Lipinski definition) is 1. The van der Waals surface area contributed by atoms with Crippen molar-refractivity contribution in [1.29, 1.82) is 0 Å². The van der Waals surface area contributed by atoms with Gasteiger partial charge in [0.25, 0.3) is 0 Å². The maximum absolute atomic E-state index is 12.2. The molecule has 0 aliphatic carbocycles. The minimum atomic E-state index is -1.02. The molecule has 0 saturated carbocycles. The summed E-state index contributed by atoms with van der Waals surface area (Å²) in [6.07, 6.45) is 4.21. The van der Waals surface area contributed by atoms with Crippen molar-refractivity contribution < 1.29 is 24.2 Å². The van der Waals surface area contributed by atoms with E-state index < -0.39 is 18.0 Å². The monoisotopic (exact) mass is 449 g/mol. The Bertz CT molecular complexity index is 985. The first-order valence-corrected chi connectivity index (χ1v) is 9.75. The largest absolute Gasteiger partial charge is 0.493 e. The number of carbonyl (C=O) groups is 2. The Labute approximate surface area is 184 Å². The van der Waals surface area contributed by atoms with Crippen LogP contribution in [0.4, 0.5) is 0 Å². The number of nitrogens with zero attached hydrogens (tertiary/aromatic N) is 1. The molecule has 1 N–H and O–H groups in total. The van der Waals surface area contributed by atoms with Gasteiger partial charge in [-0.3, -0.25) is 4.99 Å². The third kappa shape index (κ3) is 6.61. The molecule has 0 fully saturated rings. The van der Waals surface area contributed by atoms with Crippen molar-refractivity contribution >= 4 is 47.4 Å². The molecule has 8 heteroatoms. The SMILES string of the molecule is COc1cc(/C=N/C(C(=O)O)C(C)C)cc(Cl)c1OC(=O)/C=C/c1cccc(Cl)c1. The lowest BCUT2D eigenvalue weighted by molar-refractivity contribution is -0.139. The standard InChI is InChI=1S/C22H21Cl2NO5/c1-13(2)20(22(27)28)25-12-15-10-17(24)21(18(11-15)29-3)30-19(26)8-7-14-5-4-6-16(23)9-14/h4-13,20H,1-3H3,(H,27,28)/b8-7+,25-12+. The molecule has 30 heavy (non-hydrogen) atoms. The summed E-state index contributed by atoms with van der Waals surface area (Å²) in [6.45, 7) is 3.53. The van der Waals surface area contributed by atoms with E-state index in [-0.39, 0.29) is 22.4 Å². The van der Waals surface area contributed by atoms with Gasteiger partial charge in [-0.15, -0.1) is 0 Å². The fraction of sp³-hybridized carbons (Fsp3) is 0.227. The molecular formula is C22H21Cl2NO5. The third-order valence-electron chi connectivity index (χ3n) is 3.98. The lowest BCUT2D eigenvalue weighted by atomic mass is 10.1. The van der Waals surface area contributed by atoms with Gasteiger partial charge in [-0.2, -0.15) is 0 Å². The molecule has 158 valence electrons. The number of aliphatic imine (C=N–C) groups is 1. The van der Waals surface area contributed by atoms with Gasteiger partial charge in [0, 0.05) is 17.3 Å². The summed E-state index contributed by atoms with van der Waals surface area (Å²) in [5, 5.41) is 9.91. The van der Waals surface area contributed by atoms with Gasteiger partial charge < -0.3 is 14.6 Å². The molecule has 6 nitrogen and oxygen atoms in total. The zero-order chi connectivity index (χ0) is 22.3. The molecule has 0 aliphatic rings. The van der Waals surface area contributed by atoms with E-state index in [1.165, 1.54) is 25.5 Å². The van der Waals surface area contributed by atoms with E-state index in [0.717, 1.165) is 5.56 Å². The molecule has 0 amide bonds. The minimum absolute atomic E-state index is 0.0516. The maximum Gasteiger partial charge on any atom is 0.336 e. The quantitative estimate of drug-likeness (QED) is 0.260. The van der Waals surface area contributed by atoms with E-state index in [4.69, 9.17) is 32.7 Å². The summed E-state index contributed by atoms with van der Waals surface area (Å²) in [5.41, 5.74) is 1.25. The average Bonchev–Trinajstić information content (AvgIpc) is 2.67. The molecule has 0 saturated heterocycles. The smallest absolute Gasteiger partial charge is 0.336 e. The molecule has 1 atom stereocenters. The molecule has 2 aromatic rings. The Kier molecular flexibility index (Phi) is 8.45. The number of halogens is 2. The van der Waals surface area contributed by atoms with Crippen LogP contribution in [0.15, 0.2) is 47.5 Å². The Balaban J connectivity index is 2.21. The lowest BCUT2D eigenvalue weighted by Crippen LogP contribution is -2.24. The number of carbonyl (C=O) groups excluding carboxylic acids is 1. The molecule has 0 radical (unpaired) electrons. The molecule has 1 unspecified atom stereocenters. The Hall–Kier alpha value is -2.83. The zero-order valence-corrected chi connectivity index (χ0v) is 18.1. The molecule has 2 rings (SSSR count). The predicted octanol–water partition coefficient (Wildman–Crippen LogP) is 5.15. The molecule has 0 spiro atoms. The highest BCUT2D eigenvalue weighted by molar-refractivity contribution is 6.32. The molecule has 0 bridgehead atoms. The van der Waals surface area contributed by atoms with E-state index in [1.807, 2.05) is 0 Å². The van der Waals surface area contributed by atoms with Gasteiger partial charge in [0.15, 0.2) is 11.5 Å². The molecule has 2 aromatic carbocycles. The topological polar surface area (TPSA) is 85.2 Å². The number of hydrogen-bond acceptors (Lipinski definition) is 5. The molecule has 0 heterocycles. The summed E-state index contributed by atoms with van der Waals surface area (Å²) < 4.78 is 10.6. The van der Waals surface area contributed by atoms with Crippen LogP contribution in [0.2, 0.25) is 10.0 Å². The lowest BCUT2D eigenvalue weighted by Gasteiger charge is -2.12. The highest BCUT2D eigenvalue weighted by Gasteiger charge is 2.20. The van der Waals surface area contributed by atoms with Crippen molar-refractivity contribution in [2.75, 3.05) is 7.11 Å². The zero-order valence-electron chi connectivity index (χ0n) is 16.6. The van der Waals surface area contributed by atoms with E-state index in [2.05, 4.69) is 4.99 Å². The first-order chi connectivity index (χ1) is 14.2. The molecule has 0 aliphatic heterocycles. The number of methoxy groups -OCH3 is 1. The second kappa shape index (κ2) is 10.8. The number of esters is 1. The van der Waals surface area contributed by atoms with E-state index >= 15 is 0 Å². The highest BCUT2D eigenvalue weighted by Crippen LogP contribution is 2.36. The number of benzene rings is 2. The van der Waals surface area contributed by atoms with Gasteiger partial charge in [-0.05, 0) is 47.4 Å². The van der Waals surface area contributed by atoms with Gasteiger partial charge in [0.1, 0.15) is 6.04 Å². The van der Waals surface area contributed by atoms with Crippen LogP contribution in [0.3, 0.4) is 0 Å². The summed E-state index contributed by atoms with van der Waals surface area (Å²) in [4.78, 5) is 27.6. The van der Waals surface area contributed by atoms with Crippen LogP contribution < -0.4 is 9.47 Å². The normalized spacial score (nSPS) is 12.5. The van der Waals surface area contributed by atoms with Crippen LogP contribution in [0.25, 0.3) is 6.08 Å². The average molecular weight is 450 g/mol. The van der Waals surface area contributed by atoms with Crippen LogP contribution >= 0.6 is 23.2 Å². The van der Waals surface area contributed by atoms with Gasteiger partial charge in [0.2, 0.25) is 0 Å². The van der Waals surface area contributed by atoms with Crippen molar-refractivity contribution in [1.82, 2.24) is 0 Å². The van der Waals surface area contributed by atoms with Crippen molar-refractivity contribution in [3.63, 3.8) is 0 Å². The minimum Gasteiger partial charge on any atom is -0.493 e. The first kappa shape index (κ1) is 23.4. The first-order valence-electron chi connectivity index (χ1n) is 9.00. The number of carboxylic acid groups (broad SMARTS) is 1. The van der Waals surface area contributed by atoms with Gasteiger partial charge in [0.05, 0.1) is 12.1 Å². The van der Waals surface area contributed by atoms with Crippen molar-refractivity contribution in [2.45, 2.75) is 19.9 Å². The number of carboxylic acids is 1. The van der Waals surface area contributed by atoms with Crippen LogP contribution in [0.1, 0.15) is 25.0 Å². The number of aliphatic carboxylic acids is 1. The third-order valence-corrected chi connectivity index (χ3v) is 4.50. The summed E-state index contributed by atoms with van der Waals surface area (Å²) in [5.74, 6) is -1.58. The summed E-state index contributed by atoms with van der Waals surface area (Å²) in [7, 11) is 1.40. The fourth-order valence-corrected chi connectivity index (χ4v) is 2.97. The molecular weight excluding hydrogens is 429 g/mol. The van der Waals surface area contributed by atoms with E-state index in [1.54, 1.807) is 50.3 Å².